The van der Waals surface area contributed by atoms with E-state index in [0.29, 0.717) is 26.2 Å². The van der Waals surface area contributed by atoms with Gasteiger partial charge in [-0.05, 0) is 12.5 Å². The maximum Gasteiger partial charge on any atom is 0.410 e. The molecule has 2 fully saturated rings. The van der Waals surface area contributed by atoms with Crippen LogP contribution in [0.3, 0.4) is 0 Å². The first-order chi connectivity index (χ1) is 12.1. The molecule has 136 valence electrons. The van der Waals surface area contributed by atoms with Crippen molar-refractivity contribution in [2.45, 2.75) is 25.7 Å². The smallest absolute Gasteiger partial charge is 0.410 e. The van der Waals surface area contributed by atoms with Gasteiger partial charge in [0.1, 0.15) is 12.5 Å². The molecule has 0 saturated carbocycles. The summed E-state index contributed by atoms with van der Waals surface area (Å²) in [5, 5.41) is 0. The summed E-state index contributed by atoms with van der Waals surface area (Å²) in [6, 6.07) is 9.46. The van der Waals surface area contributed by atoms with Crippen LogP contribution in [0.15, 0.2) is 30.3 Å². The molecule has 2 heterocycles. The summed E-state index contributed by atoms with van der Waals surface area (Å²) < 4.78 is 21.9. The lowest BCUT2D eigenvalue weighted by Crippen LogP contribution is -2.57. The number of benzene rings is 1. The maximum absolute atomic E-state index is 12.4. The quantitative estimate of drug-likeness (QED) is 0.774. The molecule has 7 heteroatoms. The Bertz CT molecular complexity index is 599. The van der Waals surface area contributed by atoms with Crippen molar-refractivity contribution in [3.63, 3.8) is 0 Å². The molecule has 0 N–H and O–H groups in total. The lowest BCUT2D eigenvalue weighted by atomic mass is 9.90. The molecule has 0 aliphatic carbocycles. The minimum Gasteiger partial charge on any atom is -0.466 e. The van der Waals surface area contributed by atoms with Crippen molar-refractivity contribution in [3.8, 4) is 0 Å². The van der Waals surface area contributed by atoms with Gasteiger partial charge >= 0.3 is 12.1 Å². The number of carbonyl (C=O) groups is 2. The standard InChI is InChI=1S/C18H23NO6/c1-2-22-16(20)15-12-19(9-8-18(15)24-10-11-25-18)17(21)23-13-14-6-4-3-5-7-14/h3-7,15H,2,8-13H2,1H3/t15-/m1/s1. The third kappa shape index (κ3) is 3.93. The van der Waals surface area contributed by atoms with E-state index in [1.54, 1.807) is 6.92 Å². The Morgan fingerprint density at radius 2 is 1.92 bits per heavy atom. The third-order valence-corrected chi connectivity index (χ3v) is 4.47. The van der Waals surface area contributed by atoms with Gasteiger partial charge in [0.15, 0.2) is 5.79 Å². The first-order valence-electron chi connectivity index (χ1n) is 8.55. The fraction of sp³-hybridized carbons (Fsp3) is 0.556. The van der Waals surface area contributed by atoms with Crippen LogP contribution in [0, 0.1) is 5.92 Å². The van der Waals surface area contributed by atoms with E-state index in [9.17, 15) is 9.59 Å². The van der Waals surface area contributed by atoms with Crippen LogP contribution in [0.25, 0.3) is 0 Å². The van der Waals surface area contributed by atoms with Crippen molar-refractivity contribution in [3.05, 3.63) is 35.9 Å². The van der Waals surface area contributed by atoms with E-state index in [1.165, 1.54) is 4.90 Å². The fourth-order valence-electron chi connectivity index (χ4n) is 3.21. The van der Waals surface area contributed by atoms with Crippen molar-refractivity contribution in [1.29, 1.82) is 0 Å². The number of amides is 1. The molecule has 1 amide bonds. The highest BCUT2D eigenvalue weighted by Gasteiger charge is 2.53. The summed E-state index contributed by atoms with van der Waals surface area (Å²) in [6.45, 7) is 3.65. The second kappa shape index (κ2) is 7.84. The predicted octanol–water partition coefficient (Wildman–Crippen LogP) is 1.95. The third-order valence-electron chi connectivity index (χ3n) is 4.47. The number of piperidine rings is 1. The topological polar surface area (TPSA) is 74.3 Å². The number of nitrogens with zero attached hydrogens (tertiary/aromatic N) is 1. The van der Waals surface area contributed by atoms with E-state index in [1.807, 2.05) is 30.3 Å². The minimum absolute atomic E-state index is 0.159. The number of rotatable bonds is 4. The van der Waals surface area contributed by atoms with Crippen LogP contribution in [-0.4, -0.2) is 55.7 Å². The van der Waals surface area contributed by atoms with Crippen molar-refractivity contribution in [2.24, 2.45) is 5.92 Å². The first-order valence-corrected chi connectivity index (χ1v) is 8.55. The summed E-state index contributed by atoms with van der Waals surface area (Å²) in [4.78, 5) is 26.2. The molecule has 0 radical (unpaired) electrons. The zero-order valence-electron chi connectivity index (χ0n) is 14.3. The van der Waals surface area contributed by atoms with Crippen LogP contribution in [0.1, 0.15) is 18.9 Å². The Labute approximate surface area is 146 Å². The number of likely N-dealkylation sites (tertiary alicyclic amines) is 1. The van der Waals surface area contributed by atoms with E-state index >= 15 is 0 Å². The molecule has 0 bridgehead atoms. The normalized spacial score (nSPS) is 22.0. The van der Waals surface area contributed by atoms with Crippen molar-refractivity contribution >= 4 is 12.1 Å². The SMILES string of the molecule is CCOC(=O)[C@H]1CN(C(=O)OCc2ccccc2)CCC12OCCO2. The van der Waals surface area contributed by atoms with Crippen LogP contribution in [0.4, 0.5) is 4.79 Å². The predicted molar refractivity (Wildman–Crippen MR) is 87.6 cm³/mol. The largest absolute Gasteiger partial charge is 0.466 e. The molecule has 2 saturated heterocycles. The van der Waals surface area contributed by atoms with Gasteiger partial charge in [0.2, 0.25) is 0 Å². The van der Waals surface area contributed by atoms with E-state index < -0.39 is 23.8 Å². The van der Waals surface area contributed by atoms with Crippen molar-refractivity contribution in [1.82, 2.24) is 4.90 Å². The number of hydrogen-bond donors (Lipinski definition) is 0. The molecule has 7 nitrogen and oxygen atoms in total. The molecule has 2 aliphatic heterocycles. The second-order valence-electron chi connectivity index (χ2n) is 6.05. The molecular weight excluding hydrogens is 326 g/mol. The zero-order valence-corrected chi connectivity index (χ0v) is 14.3. The molecule has 2 aliphatic rings. The zero-order chi connectivity index (χ0) is 17.7. The van der Waals surface area contributed by atoms with Crippen molar-refractivity contribution < 1.29 is 28.5 Å². The van der Waals surface area contributed by atoms with Gasteiger partial charge in [0.05, 0.1) is 19.8 Å². The average molecular weight is 349 g/mol. The molecule has 1 spiro atoms. The van der Waals surface area contributed by atoms with Gasteiger partial charge in [-0.1, -0.05) is 30.3 Å². The van der Waals surface area contributed by atoms with Gasteiger partial charge < -0.3 is 23.8 Å². The van der Waals surface area contributed by atoms with Gasteiger partial charge in [-0.25, -0.2) is 4.79 Å². The lowest BCUT2D eigenvalue weighted by molar-refractivity contribution is -0.226. The number of esters is 1. The molecule has 0 aromatic heterocycles. The highest BCUT2D eigenvalue weighted by atomic mass is 16.7. The van der Waals surface area contributed by atoms with E-state index in [-0.39, 0.29) is 19.8 Å². The molecule has 1 atom stereocenters. The van der Waals surface area contributed by atoms with E-state index in [4.69, 9.17) is 18.9 Å². The number of hydrogen-bond acceptors (Lipinski definition) is 6. The highest BCUT2D eigenvalue weighted by Crippen LogP contribution is 2.37. The number of carbonyl (C=O) groups excluding carboxylic acids is 2. The molecule has 25 heavy (non-hydrogen) atoms. The Morgan fingerprint density at radius 3 is 2.60 bits per heavy atom. The van der Waals surface area contributed by atoms with Crippen LogP contribution >= 0.6 is 0 Å². The second-order valence-corrected chi connectivity index (χ2v) is 6.05. The maximum atomic E-state index is 12.4. The van der Waals surface area contributed by atoms with Crippen molar-refractivity contribution in [2.75, 3.05) is 32.9 Å². The van der Waals surface area contributed by atoms with Crippen LogP contribution in [0.2, 0.25) is 0 Å². The monoisotopic (exact) mass is 349 g/mol. The summed E-state index contributed by atoms with van der Waals surface area (Å²) in [7, 11) is 0. The fourth-order valence-corrected chi connectivity index (χ4v) is 3.21. The van der Waals surface area contributed by atoms with Gasteiger partial charge in [-0.15, -0.1) is 0 Å². The van der Waals surface area contributed by atoms with Gasteiger partial charge in [0, 0.05) is 19.5 Å². The highest BCUT2D eigenvalue weighted by molar-refractivity contribution is 5.76. The Hall–Kier alpha value is -2.12. The van der Waals surface area contributed by atoms with Crippen LogP contribution in [0.5, 0.6) is 0 Å². The van der Waals surface area contributed by atoms with E-state index in [2.05, 4.69) is 0 Å². The summed E-state index contributed by atoms with van der Waals surface area (Å²) in [5.41, 5.74) is 0.911. The molecule has 1 aromatic carbocycles. The minimum atomic E-state index is -0.984. The molecule has 1 aromatic rings. The molecule has 0 unspecified atom stereocenters. The first kappa shape index (κ1) is 17.7. The Morgan fingerprint density at radius 1 is 1.20 bits per heavy atom. The Balaban J connectivity index is 1.63. The van der Waals surface area contributed by atoms with E-state index in [0.717, 1.165) is 5.56 Å². The number of ether oxygens (including phenoxy) is 4. The Kier molecular flexibility index (Phi) is 5.55. The van der Waals surface area contributed by atoms with Gasteiger partial charge in [-0.2, -0.15) is 0 Å². The van der Waals surface area contributed by atoms with Gasteiger partial charge in [0.25, 0.3) is 0 Å². The summed E-state index contributed by atoms with van der Waals surface area (Å²) in [6.07, 6.45) is -0.0392. The summed E-state index contributed by atoms with van der Waals surface area (Å²) >= 11 is 0. The molecule has 3 rings (SSSR count). The summed E-state index contributed by atoms with van der Waals surface area (Å²) in [5.74, 6) is -2.07. The van der Waals surface area contributed by atoms with Crippen LogP contribution in [-0.2, 0) is 30.3 Å². The average Bonchev–Trinajstić information content (AvgIpc) is 3.10. The lowest BCUT2D eigenvalue weighted by Gasteiger charge is -2.42. The van der Waals surface area contributed by atoms with Crippen LogP contribution < -0.4 is 0 Å². The van der Waals surface area contributed by atoms with Gasteiger partial charge in [-0.3, -0.25) is 4.79 Å². The molecular formula is C18H23NO6.